The van der Waals surface area contributed by atoms with Crippen molar-refractivity contribution in [2.24, 2.45) is 0 Å². The van der Waals surface area contributed by atoms with E-state index in [0.717, 1.165) is 9.99 Å². The van der Waals surface area contributed by atoms with Crippen molar-refractivity contribution in [2.75, 3.05) is 0 Å². The van der Waals surface area contributed by atoms with Crippen molar-refractivity contribution in [3.05, 3.63) is 34.6 Å². The van der Waals surface area contributed by atoms with E-state index >= 15 is 0 Å². The van der Waals surface area contributed by atoms with E-state index in [1.165, 1.54) is 6.20 Å². The maximum Gasteiger partial charge on any atom is 0.359 e. The molecule has 4 nitrogen and oxygen atoms in total. The first kappa shape index (κ1) is 13.0. The van der Waals surface area contributed by atoms with Gasteiger partial charge in [0.15, 0.2) is 5.69 Å². The summed E-state index contributed by atoms with van der Waals surface area (Å²) in [5.74, 6) is -0.461. The topological polar surface area (TPSA) is 52.1 Å². The molecular formula is C13H13BrN2O2. The molecule has 0 aliphatic heterocycles. The molecule has 0 saturated heterocycles. The van der Waals surface area contributed by atoms with Crippen LogP contribution >= 0.6 is 15.9 Å². The average molecular weight is 309 g/mol. The number of hydrogen-bond acceptors (Lipinski definition) is 4. The highest BCUT2D eigenvalue weighted by atomic mass is 79.9. The molecule has 1 heterocycles. The first-order chi connectivity index (χ1) is 8.35. The van der Waals surface area contributed by atoms with E-state index in [1.807, 2.05) is 39.0 Å². The van der Waals surface area contributed by atoms with Crippen LogP contribution in [-0.4, -0.2) is 21.5 Å². The molecule has 2 rings (SSSR count). The Balaban J connectivity index is 2.37. The monoisotopic (exact) mass is 308 g/mol. The predicted molar refractivity (Wildman–Crippen MR) is 72.4 cm³/mol. The lowest BCUT2D eigenvalue weighted by Crippen LogP contribution is -2.24. The van der Waals surface area contributed by atoms with E-state index in [9.17, 15) is 4.79 Å². The molecular weight excluding hydrogens is 296 g/mol. The molecule has 0 amide bonds. The molecule has 0 radical (unpaired) electrons. The molecule has 0 bridgehead atoms. The van der Waals surface area contributed by atoms with Gasteiger partial charge < -0.3 is 4.74 Å². The third-order valence-electron chi connectivity index (χ3n) is 2.11. The van der Waals surface area contributed by atoms with Crippen LogP contribution < -0.4 is 0 Å². The second-order valence-electron chi connectivity index (χ2n) is 4.89. The molecule has 0 aliphatic carbocycles. The lowest BCUT2D eigenvalue weighted by molar-refractivity contribution is 0.00628. The molecule has 0 saturated carbocycles. The average Bonchev–Trinajstić information content (AvgIpc) is 2.25. The number of fused-ring (bicyclic) bond motifs is 1. The second kappa shape index (κ2) is 4.65. The number of halogens is 1. The Bertz CT molecular complexity index is 605. The Labute approximate surface area is 114 Å². The van der Waals surface area contributed by atoms with Gasteiger partial charge in [0, 0.05) is 4.47 Å². The minimum atomic E-state index is -0.537. The molecule has 0 aliphatic rings. The Morgan fingerprint density at radius 3 is 2.67 bits per heavy atom. The zero-order valence-corrected chi connectivity index (χ0v) is 12.0. The van der Waals surface area contributed by atoms with Gasteiger partial charge in [0.25, 0.3) is 0 Å². The molecule has 5 heteroatoms. The standard InChI is InChI=1S/C13H13BrN2O2/c1-13(2,3)18-12(17)11-7-15-9-5-4-8(14)6-10(9)16-11/h4-7H,1-3H3. The number of aromatic nitrogens is 2. The van der Waals surface area contributed by atoms with E-state index in [1.54, 1.807) is 0 Å². The van der Waals surface area contributed by atoms with Gasteiger partial charge in [-0.25, -0.2) is 9.78 Å². The van der Waals surface area contributed by atoms with Crippen LogP contribution in [0.15, 0.2) is 28.9 Å². The fourth-order valence-electron chi connectivity index (χ4n) is 1.41. The fraction of sp³-hybridized carbons (Fsp3) is 0.308. The van der Waals surface area contributed by atoms with Crippen LogP contribution in [0.4, 0.5) is 0 Å². The first-order valence-corrected chi connectivity index (χ1v) is 6.30. The fourth-order valence-corrected chi connectivity index (χ4v) is 1.76. The zero-order valence-electron chi connectivity index (χ0n) is 10.4. The maximum absolute atomic E-state index is 11.9. The Hall–Kier alpha value is -1.49. The molecule has 1 aromatic heterocycles. The number of benzene rings is 1. The molecule has 2 aromatic rings. The number of carbonyl (C=O) groups is 1. The van der Waals surface area contributed by atoms with Crippen molar-refractivity contribution >= 4 is 32.9 Å². The number of nitrogens with zero attached hydrogens (tertiary/aromatic N) is 2. The van der Waals surface area contributed by atoms with Gasteiger partial charge in [-0.2, -0.15) is 0 Å². The summed E-state index contributed by atoms with van der Waals surface area (Å²) in [7, 11) is 0. The van der Waals surface area contributed by atoms with Crippen molar-refractivity contribution in [3.8, 4) is 0 Å². The van der Waals surface area contributed by atoms with E-state index in [4.69, 9.17) is 4.74 Å². The van der Waals surface area contributed by atoms with Gasteiger partial charge in [-0.05, 0) is 39.0 Å². The molecule has 0 spiro atoms. The van der Waals surface area contributed by atoms with Crippen molar-refractivity contribution in [3.63, 3.8) is 0 Å². The minimum absolute atomic E-state index is 0.218. The van der Waals surface area contributed by atoms with Gasteiger partial charge in [0.1, 0.15) is 5.60 Å². The summed E-state index contributed by atoms with van der Waals surface area (Å²) < 4.78 is 6.14. The highest BCUT2D eigenvalue weighted by Crippen LogP contribution is 2.17. The SMILES string of the molecule is CC(C)(C)OC(=O)c1cnc2ccc(Br)cc2n1. The van der Waals surface area contributed by atoms with Gasteiger partial charge in [-0.3, -0.25) is 4.98 Å². The number of rotatable bonds is 1. The zero-order chi connectivity index (χ0) is 13.3. The van der Waals surface area contributed by atoms with Crippen LogP contribution in [0.2, 0.25) is 0 Å². The highest BCUT2D eigenvalue weighted by molar-refractivity contribution is 9.10. The highest BCUT2D eigenvalue weighted by Gasteiger charge is 2.19. The van der Waals surface area contributed by atoms with Gasteiger partial charge in [0.05, 0.1) is 17.2 Å². The van der Waals surface area contributed by atoms with Crippen molar-refractivity contribution in [2.45, 2.75) is 26.4 Å². The predicted octanol–water partition coefficient (Wildman–Crippen LogP) is 3.35. The van der Waals surface area contributed by atoms with E-state index in [2.05, 4.69) is 25.9 Å². The summed E-state index contributed by atoms with van der Waals surface area (Å²) in [6, 6.07) is 5.53. The number of hydrogen-bond donors (Lipinski definition) is 0. The summed E-state index contributed by atoms with van der Waals surface area (Å²) in [5, 5.41) is 0. The van der Waals surface area contributed by atoms with E-state index in [-0.39, 0.29) is 5.69 Å². The summed E-state index contributed by atoms with van der Waals surface area (Å²) in [6.07, 6.45) is 1.43. The quantitative estimate of drug-likeness (QED) is 0.758. The summed E-state index contributed by atoms with van der Waals surface area (Å²) in [4.78, 5) is 20.3. The third kappa shape index (κ3) is 3.04. The Kier molecular flexibility index (Phi) is 3.34. The van der Waals surface area contributed by atoms with Crippen molar-refractivity contribution in [1.82, 2.24) is 9.97 Å². The third-order valence-corrected chi connectivity index (χ3v) is 2.61. The number of ether oxygens (including phenoxy) is 1. The number of esters is 1. The van der Waals surface area contributed by atoms with Gasteiger partial charge in [-0.1, -0.05) is 15.9 Å². The van der Waals surface area contributed by atoms with Crippen LogP contribution in [0.1, 0.15) is 31.3 Å². The second-order valence-corrected chi connectivity index (χ2v) is 5.81. The molecule has 0 N–H and O–H groups in total. The molecule has 0 atom stereocenters. The largest absolute Gasteiger partial charge is 0.455 e. The summed E-state index contributed by atoms with van der Waals surface area (Å²) >= 11 is 3.36. The molecule has 0 fully saturated rings. The van der Waals surface area contributed by atoms with E-state index < -0.39 is 11.6 Å². The van der Waals surface area contributed by atoms with Crippen LogP contribution in [-0.2, 0) is 4.74 Å². The normalized spacial score (nSPS) is 11.6. The summed E-state index contributed by atoms with van der Waals surface area (Å²) in [6.45, 7) is 5.45. The van der Waals surface area contributed by atoms with Crippen LogP contribution in [0.3, 0.4) is 0 Å². The van der Waals surface area contributed by atoms with Crippen LogP contribution in [0.5, 0.6) is 0 Å². The van der Waals surface area contributed by atoms with Gasteiger partial charge in [0.2, 0.25) is 0 Å². The Morgan fingerprint density at radius 2 is 2.00 bits per heavy atom. The summed E-state index contributed by atoms with van der Waals surface area (Å²) in [5.41, 5.74) is 1.08. The Morgan fingerprint density at radius 1 is 1.28 bits per heavy atom. The number of carbonyl (C=O) groups excluding carboxylic acids is 1. The maximum atomic E-state index is 11.9. The van der Waals surface area contributed by atoms with Gasteiger partial charge in [-0.15, -0.1) is 0 Å². The molecule has 0 unspecified atom stereocenters. The van der Waals surface area contributed by atoms with Gasteiger partial charge >= 0.3 is 5.97 Å². The first-order valence-electron chi connectivity index (χ1n) is 5.51. The molecule has 94 valence electrons. The smallest absolute Gasteiger partial charge is 0.359 e. The van der Waals surface area contributed by atoms with Crippen molar-refractivity contribution < 1.29 is 9.53 Å². The van der Waals surface area contributed by atoms with Crippen LogP contribution in [0, 0.1) is 0 Å². The van der Waals surface area contributed by atoms with E-state index in [0.29, 0.717) is 5.52 Å². The van der Waals surface area contributed by atoms with Crippen molar-refractivity contribution in [1.29, 1.82) is 0 Å². The minimum Gasteiger partial charge on any atom is -0.455 e. The lowest BCUT2D eigenvalue weighted by atomic mass is 10.2. The van der Waals surface area contributed by atoms with Crippen LogP contribution in [0.25, 0.3) is 11.0 Å². The molecule has 1 aromatic carbocycles. The molecule has 18 heavy (non-hydrogen) atoms. The lowest BCUT2D eigenvalue weighted by Gasteiger charge is -2.18.